The van der Waals surface area contributed by atoms with Gasteiger partial charge in [0.15, 0.2) is 0 Å². The first kappa shape index (κ1) is 9.77. The monoisotopic (exact) mass is 204 g/mol. The lowest BCUT2D eigenvalue weighted by molar-refractivity contribution is 0.300. The summed E-state index contributed by atoms with van der Waals surface area (Å²) >= 11 is 7.23. The van der Waals surface area contributed by atoms with Crippen LogP contribution in [0.5, 0.6) is 0 Å². The van der Waals surface area contributed by atoms with E-state index < -0.39 is 0 Å². The van der Waals surface area contributed by atoms with Crippen LogP contribution in [0.1, 0.15) is 6.92 Å². The van der Waals surface area contributed by atoms with Gasteiger partial charge in [-0.2, -0.15) is 0 Å². The van der Waals surface area contributed by atoms with Crippen LogP contribution in [0.3, 0.4) is 0 Å². The van der Waals surface area contributed by atoms with Crippen LogP contribution in [0.2, 0.25) is 5.02 Å². The zero-order chi connectivity index (χ0) is 8.97. The fourth-order valence-corrected chi connectivity index (χ4v) is 1.58. The zero-order valence-corrected chi connectivity index (χ0v) is 8.14. The molecule has 0 radical (unpaired) electrons. The molecule has 1 heterocycles. The summed E-state index contributed by atoms with van der Waals surface area (Å²) in [6.07, 6.45) is 2.99. The highest BCUT2D eigenvalue weighted by atomic mass is 35.5. The summed E-state index contributed by atoms with van der Waals surface area (Å²) in [4.78, 5) is 7.73. The summed E-state index contributed by atoms with van der Waals surface area (Å²) in [6.45, 7) is 2.02. The van der Waals surface area contributed by atoms with Crippen molar-refractivity contribution in [2.75, 3.05) is 6.61 Å². The van der Waals surface area contributed by atoms with Crippen LogP contribution >= 0.6 is 23.4 Å². The maximum Gasteiger partial charge on any atom is 0.118 e. The second-order valence-corrected chi connectivity index (χ2v) is 4.12. The lowest BCUT2D eigenvalue weighted by Crippen LogP contribution is -2.02. The van der Waals surface area contributed by atoms with Crippen LogP contribution in [0.4, 0.5) is 0 Å². The van der Waals surface area contributed by atoms with Crippen LogP contribution in [-0.2, 0) is 0 Å². The number of aromatic nitrogens is 2. The van der Waals surface area contributed by atoms with Crippen molar-refractivity contribution < 1.29 is 5.11 Å². The zero-order valence-electron chi connectivity index (χ0n) is 6.57. The minimum absolute atomic E-state index is 0.109. The van der Waals surface area contributed by atoms with Gasteiger partial charge in [0.2, 0.25) is 0 Å². The maximum atomic E-state index is 8.78. The predicted molar refractivity (Wildman–Crippen MR) is 49.4 cm³/mol. The van der Waals surface area contributed by atoms with Gasteiger partial charge in [-0.1, -0.05) is 30.3 Å². The fraction of sp³-hybridized carbons (Fsp3) is 0.429. The Morgan fingerprint density at radius 1 is 1.75 bits per heavy atom. The minimum atomic E-state index is 0.109. The van der Waals surface area contributed by atoms with Gasteiger partial charge in [0.05, 0.1) is 17.8 Å². The molecule has 0 aliphatic rings. The number of nitrogens with zero attached hydrogens (tertiary/aromatic N) is 2. The fourth-order valence-electron chi connectivity index (χ4n) is 0.616. The molecule has 3 nitrogen and oxygen atoms in total. The molecule has 0 saturated carbocycles. The van der Waals surface area contributed by atoms with Gasteiger partial charge in [-0.25, -0.2) is 9.97 Å². The van der Waals surface area contributed by atoms with Crippen LogP contribution in [0.15, 0.2) is 17.6 Å². The summed E-state index contributed by atoms with van der Waals surface area (Å²) in [5.74, 6) is 0. The predicted octanol–water partition coefficient (Wildman–Crippen LogP) is 1.60. The van der Waals surface area contributed by atoms with Crippen molar-refractivity contribution in [3.8, 4) is 0 Å². The summed E-state index contributed by atoms with van der Waals surface area (Å²) in [5, 5.41) is 10.1. The Kier molecular flexibility index (Phi) is 3.78. The Morgan fingerprint density at radius 2 is 2.50 bits per heavy atom. The molecule has 0 saturated heterocycles. The average molecular weight is 205 g/mol. The average Bonchev–Trinajstić information content (AvgIpc) is 2.09. The summed E-state index contributed by atoms with van der Waals surface area (Å²) in [7, 11) is 0. The minimum Gasteiger partial charge on any atom is -0.395 e. The molecule has 0 amide bonds. The third-order valence-electron chi connectivity index (χ3n) is 1.20. The van der Waals surface area contributed by atoms with E-state index in [2.05, 4.69) is 9.97 Å². The van der Waals surface area contributed by atoms with Gasteiger partial charge < -0.3 is 5.11 Å². The first-order valence-electron chi connectivity index (χ1n) is 3.47. The first-order valence-corrected chi connectivity index (χ1v) is 4.73. The second-order valence-electron chi connectivity index (χ2n) is 2.29. The lowest BCUT2D eigenvalue weighted by Gasteiger charge is -2.06. The molecule has 0 spiro atoms. The number of halogens is 1. The van der Waals surface area contributed by atoms with E-state index >= 15 is 0 Å². The van der Waals surface area contributed by atoms with Crippen molar-refractivity contribution in [3.63, 3.8) is 0 Å². The maximum absolute atomic E-state index is 8.78. The third kappa shape index (κ3) is 2.62. The largest absolute Gasteiger partial charge is 0.395 e. The molecule has 66 valence electrons. The quantitative estimate of drug-likeness (QED) is 0.600. The Bertz CT molecular complexity index is 259. The van der Waals surface area contributed by atoms with Crippen LogP contribution < -0.4 is 0 Å². The molecule has 1 atom stereocenters. The van der Waals surface area contributed by atoms with E-state index in [-0.39, 0.29) is 11.9 Å². The molecule has 5 heteroatoms. The van der Waals surface area contributed by atoms with Gasteiger partial charge in [0, 0.05) is 5.25 Å². The molecule has 0 aliphatic heterocycles. The van der Waals surface area contributed by atoms with Crippen LogP contribution in [0.25, 0.3) is 0 Å². The normalized spacial score (nSPS) is 12.9. The second kappa shape index (κ2) is 4.64. The molecule has 1 aromatic heterocycles. The van der Waals surface area contributed by atoms with Crippen molar-refractivity contribution in [3.05, 3.63) is 17.5 Å². The number of rotatable bonds is 3. The van der Waals surface area contributed by atoms with Gasteiger partial charge in [-0.05, 0) is 0 Å². The number of hydrogen-bond donors (Lipinski definition) is 1. The molecule has 0 aliphatic carbocycles. The summed E-state index contributed by atoms with van der Waals surface area (Å²) in [6, 6.07) is 0. The Balaban J connectivity index is 2.69. The highest BCUT2D eigenvalue weighted by molar-refractivity contribution is 8.00. The van der Waals surface area contributed by atoms with Crippen molar-refractivity contribution in [1.29, 1.82) is 0 Å². The smallest absolute Gasteiger partial charge is 0.118 e. The molecule has 1 rings (SSSR count). The molecule has 1 N–H and O–H groups in total. The molecule has 0 aromatic carbocycles. The van der Waals surface area contributed by atoms with Gasteiger partial charge >= 0.3 is 0 Å². The van der Waals surface area contributed by atoms with Crippen molar-refractivity contribution in [2.24, 2.45) is 0 Å². The van der Waals surface area contributed by atoms with Gasteiger partial charge in [-0.3, -0.25) is 0 Å². The molecule has 0 fully saturated rings. The van der Waals surface area contributed by atoms with Crippen LogP contribution in [-0.4, -0.2) is 26.9 Å². The molecular formula is C7H9ClN2OS. The van der Waals surface area contributed by atoms with Crippen molar-refractivity contribution in [2.45, 2.75) is 17.2 Å². The Hall–Kier alpha value is -0.320. The number of thioether (sulfide) groups is 1. The van der Waals surface area contributed by atoms with Crippen molar-refractivity contribution in [1.82, 2.24) is 9.97 Å². The van der Waals surface area contributed by atoms with Crippen LogP contribution in [0, 0.1) is 0 Å². The summed E-state index contributed by atoms with van der Waals surface area (Å²) < 4.78 is 0. The van der Waals surface area contributed by atoms with E-state index in [4.69, 9.17) is 16.7 Å². The van der Waals surface area contributed by atoms with E-state index in [1.165, 1.54) is 18.1 Å². The number of hydrogen-bond acceptors (Lipinski definition) is 4. The molecule has 12 heavy (non-hydrogen) atoms. The van der Waals surface area contributed by atoms with Gasteiger partial charge in [0.25, 0.3) is 0 Å². The Morgan fingerprint density at radius 3 is 3.08 bits per heavy atom. The van der Waals surface area contributed by atoms with E-state index in [1.54, 1.807) is 6.20 Å². The summed E-state index contributed by atoms with van der Waals surface area (Å²) in [5.41, 5.74) is 0. The standard InChI is InChI=1S/C7H9ClN2OS/c1-5(3-11)12-7-6(8)2-9-4-10-7/h2,4-5,11H,3H2,1H3. The highest BCUT2D eigenvalue weighted by Crippen LogP contribution is 2.26. The van der Waals surface area contributed by atoms with E-state index in [0.717, 1.165) is 0 Å². The molecular weight excluding hydrogens is 196 g/mol. The van der Waals surface area contributed by atoms with Gasteiger partial charge in [0.1, 0.15) is 11.4 Å². The van der Waals surface area contributed by atoms with E-state index in [9.17, 15) is 0 Å². The topological polar surface area (TPSA) is 46.0 Å². The first-order chi connectivity index (χ1) is 5.74. The third-order valence-corrected chi connectivity index (χ3v) is 2.69. The van der Waals surface area contributed by atoms with E-state index in [1.807, 2.05) is 6.92 Å². The van der Waals surface area contributed by atoms with Gasteiger partial charge in [-0.15, -0.1) is 0 Å². The Labute approximate surface area is 80.2 Å². The number of aliphatic hydroxyl groups excluding tert-OH is 1. The van der Waals surface area contributed by atoms with Crippen molar-refractivity contribution >= 4 is 23.4 Å². The molecule has 1 aromatic rings. The highest BCUT2D eigenvalue weighted by Gasteiger charge is 2.06. The molecule has 1 unspecified atom stereocenters. The molecule has 0 bridgehead atoms. The lowest BCUT2D eigenvalue weighted by atomic mass is 10.5. The number of aliphatic hydroxyl groups is 1. The van der Waals surface area contributed by atoms with E-state index in [0.29, 0.717) is 10.0 Å². The SMILES string of the molecule is CC(CO)Sc1ncncc1Cl.